The summed E-state index contributed by atoms with van der Waals surface area (Å²) in [6.07, 6.45) is 0.847. The van der Waals surface area contributed by atoms with Crippen LogP contribution in [0.3, 0.4) is 0 Å². The first-order valence-corrected chi connectivity index (χ1v) is 7.86. The highest BCUT2D eigenvalue weighted by molar-refractivity contribution is 7.89. The minimum absolute atomic E-state index is 0.0109. The largest absolute Gasteiger partial charge is 0.477 e. The van der Waals surface area contributed by atoms with Gasteiger partial charge in [-0.25, -0.2) is 17.9 Å². The molecule has 0 spiro atoms. The first kappa shape index (κ1) is 15.1. The minimum atomic E-state index is -3.62. The quantitative estimate of drug-likeness (QED) is 0.841. The maximum Gasteiger partial charge on any atom is 0.345 e. The third-order valence-electron chi connectivity index (χ3n) is 2.79. The van der Waals surface area contributed by atoms with Crippen LogP contribution in [0.15, 0.2) is 16.3 Å². The molecule has 1 aromatic heterocycles. The van der Waals surface area contributed by atoms with E-state index in [9.17, 15) is 13.2 Å². The van der Waals surface area contributed by atoms with Crippen LogP contribution in [-0.2, 0) is 10.0 Å². The van der Waals surface area contributed by atoms with Gasteiger partial charge in [0.25, 0.3) is 0 Å². The topological polar surface area (TPSA) is 83.5 Å². The molecule has 7 heteroatoms. The van der Waals surface area contributed by atoms with E-state index in [4.69, 9.17) is 5.11 Å². The average molecular weight is 291 g/mol. The molecule has 0 radical (unpaired) electrons. The second kappa shape index (κ2) is 5.38. The third-order valence-corrected chi connectivity index (χ3v) is 5.24. The lowest BCUT2D eigenvalue weighted by atomic mass is 9.91. The van der Waals surface area contributed by atoms with Gasteiger partial charge in [0.1, 0.15) is 4.88 Å². The van der Waals surface area contributed by atoms with Gasteiger partial charge in [-0.1, -0.05) is 20.8 Å². The molecule has 0 aliphatic rings. The number of sulfonamides is 1. The summed E-state index contributed by atoms with van der Waals surface area (Å²) < 4.78 is 26.4. The Morgan fingerprint density at radius 3 is 2.56 bits per heavy atom. The molecule has 18 heavy (non-hydrogen) atoms. The summed E-state index contributed by atoms with van der Waals surface area (Å²) in [6.45, 7) is 6.24. The van der Waals surface area contributed by atoms with E-state index in [1.807, 2.05) is 20.8 Å². The normalized spacial score (nSPS) is 12.6. The average Bonchev–Trinajstić information content (AvgIpc) is 2.77. The molecule has 0 aromatic carbocycles. The van der Waals surface area contributed by atoms with E-state index in [0.29, 0.717) is 6.54 Å². The van der Waals surface area contributed by atoms with Gasteiger partial charge in [-0.3, -0.25) is 0 Å². The van der Waals surface area contributed by atoms with Crippen molar-refractivity contribution >= 4 is 27.3 Å². The fraction of sp³-hybridized carbons (Fsp3) is 0.545. The van der Waals surface area contributed by atoms with Crippen LogP contribution in [0.1, 0.15) is 36.9 Å². The van der Waals surface area contributed by atoms with Gasteiger partial charge in [-0.15, -0.1) is 11.3 Å². The molecular weight excluding hydrogens is 274 g/mol. The number of thiophene rings is 1. The van der Waals surface area contributed by atoms with Crippen LogP contribution in [0, 0.1) is 5.41 Å². The molecule has 1 aromatic rings. The van der Waals surface area contributed by atoms with Crippen molar-refractivity contribution in [3.63, 3.8) is 0 Å². The molecule has 5 nitrogen and oxygen atoms in total. The van der Waals surface area contributed by atoms with Crippen LogP contribution in [-0.4, -0.2) is 26.0 Å². The van der Waals surface area contributed by atoms with Gasteiger partial charge in [0.2, 0.25) is 10.0 Å². The summed E-state index contributed by atoms with van der Waals surface area (Å²) in [5.41, 5.74) is -0.126. The zero-order valence-electron chi connectivity index (χ0n) is 10.6. The molecule has 0 aliphatic carbocycles. The first-order chi connectivity index (χ1) is 8.18. The zero-order chi connectivity index (χ0) is 14.0. The number of rotatable bonds is 6. The van der Waals surface area contributed by atoms with Crippen molar-refractivity contribution in [2.45, 2.75) is 32.1 Å². The minimum Gasteiger partial charge on any atom is -0.477 e. The van der Waals surface area contributed by atoms with Crippen molar-refractivity contribution in [1.29, 1.82) is 0 Å². The van der Waals surface area contributed by atoms with Crippen molar-refractivity contribution in [1.82, 2.24) is 4.72 Å². The molecule has 1 heterocycles. The molecular formula is C11H17NO4S2. The Kier molecular flexibility index (Phi) is 4.52. The predicted octanol–water partition coefficient (Wildman–Crippen LogP) is 2.16. The summed E-state index contributed by atoms with van der Waals surface area (Å²) >= 11 is 0.905. The zero-order valence-corrected chi connectivity index (χ0v) is 12.2. The maximum absolute atomic E-state index is 11.9. The standard InChI is InChI=1S/C11H17NO4S2/c1-4-11(2,3)7-12-18(15,16)8-5-9(10(13)14)17-6-8/h5-6,12H,4,7H2,1-3H3,(H,13,14). The number of hydrogen-bond acceptors (Lipinski definition) is 4. The third kappa shape index (κ3) is 3.79. The molecule has 0 amide bonds. The lowest BCUT2D eigenvalue weighted by molar-refractivity contribution is 0.0702. The van der Waals surface area contributed by atoms with Gasteiger partial charge < -0.3 is 5.11 Å². The fourth-order valence-electron chi connectivity index (χ4n) is 1.07. The Bertz CT molecular complexity index is 531. The molecule has 0 fully saturated rings. The Morgan fingerprint density at radius 2 is 2.11 bits per heavy atom. The van der Waals surface area contributed by atoms with Crippen molar-refractivity contribution in [3.05, 3.63) is 16.3 Å². The molecule has 0 bridgehead atoms. The van der Waals surface area contributed by atoms with Gasteiger partial charge in [0.15, 0.2) is 0 Å². The number of carboxylic acid groups (broad SMARTS) is 1. The number of hydrogen-bond donors (Lipinski definition) is 2. The molecule has 0 saturated carbocycles. The SMILES string of the molecule is CCC(C)(C)CNS(=O)(=O)c1csc(C(=O)O)c1. The fourth-order valence-corrected chi connectivity index (χ4v) is 3.42. The smallest absolute Gasteiger partial charge is 0.345 e. The summed E-state index contributed by atoms with van der Waals surface area (Å²) in [5.74, 6) is -1.12. The van der Waals surface area contributed by atoms with E-state index < -0.39 is 16.0 Å². The van der Waals surface area contributed by atoms with E-state index in [2.05, 4.69) is 4.72 Å². The van der Waals surface area contributed by atoms with Crippen LogP contribution >= 0.6 is 11.3 Å². The second-order valence-electron chi connectivity index (χ2n) is 4.79. The molecule has 0 aliphatic heterocycles. The molecule has 1 rings (SSSR count). The Labute approximate surface area is 111 Å². The Morgan fingerprint density at radius 1 is 1.50 bits per heavy atom. The van der Waals surface area contributed by atoms with Crippen molar-refractivity contribution in [3.8, 4) is 0 Å². The monoisotopic (exact) mass is 291 g/mol. The lowest BCUT2D eigenvalue weighted by Gasteiger charge is -2.22. The number of carboxylic acids is 1. The van der Waals surface area contributed by atoms with E-state index in [0.717, 1.165) is 17.8 Å². The Hall–Kier alpha value is -0.920. The molecule has 0 unspecified atom stereocenters. The predicted molar refractivity (Wildman–Crippen MR) is 70.5 cm³/mol. The number of aromatic carboxylic acids is 1. The highest BCUT2D eigenvalue weighted by Gasteiger charge is 2.22. The highest BCUT2D eigenvalue weighted by atomic mass is 32.2. The van der Waals surface area contributed by atoms with Crippen LogP contribution in [0.5, 0.6) is 0 Å². The van der Waals surface area contributed by atoms with E-state index in [1.54, 1.807) is 0 Å². The van der Waals surface area contributed by atoms with Crippen molar-refractivity contribution < 1.29 is 18.3 Å². The van der Waals surface area contributed by atoms with Crippen LogP contribution in [0.2, 0.25) is 0 Å². The first-order valence-electron chi connectivity index (χ1n) is 5.49. The van der Waals surface area contributed by atoms with Gasteiger partial charge >= 0.3 is 5.97 Å². The summed E-state index contributed by atoms with van der Waals surface area (Å²) in [7, 11) is -3.62. The molecule has 2 N–H and O–H groups in total. The van der Waals surface area contributed by atoms with Crippen molar-refractivity contribution in [2.24, 2.45) is 5.41 Å². The van der Waals surface area contributed by atoms with Gasteiger partial charge in [0.05, 0.1) is 4.90 Å². The maximum atomic E-state index is 11.9. The second-order valence-corrected chi connectivity index (χ2v) is 7.47. The Balaban J connectivity index is 2.83. The number of carbonyl (C=O) groups is 1. The van der Waals surface area contributed by atoms with E-state index in [-0.39, 0.29) is 15.2 Å². The summed E-state index contributed by atoms with van der Waals surface area (Å²) in [5, 5.41) is 10.1. The molecule has 0 saturated heterocycles. The lowest BCUT2D eigenvalue weighted by Crippen LogP contribution is -2.33. The van der Waals surface area contributed by atoms with Crippen molar-refractivity contribution in [2.75, 3.05) is 6.54 Å². The van der Waals surface area contributed by atoms with Crippen LogP contribution < -0.4 is 4.72 Å². The molecule has 102 valence electrons. The summed E-state index contributed by atoms with van der Waals surface area (Å²) in [4.78, 5) is 10.7. The number of nitrogens with one attached hydrogen (secondary N) is 1. The van der Waals surface area contributed by atoms with Crippen LogP contribution in [0.4, 0.5) is 0 Å². The summed E-state index contributed by atoms with van der Waals surface area (Å²) in [6, 6.07) is 1.17. The van der Waals surface area contributed by atoms with Gasteiger partial charge in [-0.05, 0) is 17.9 Å². The highest BCUT2D eigenvalue weighted by Crippen LogP contribution is 2.22. The van der Waals surface area contributed by atoms with Crippen LogP contribution in [0.25, 0.3) is 0 Å². The van der Waals surface area contributed by atoms with E-state index >= 15 is 0 Å². The van der Waals surface area contributed by atoms with Gasteiger partial charge in [0, 0.05) is 11.9 Å². The van der Waals surface area contributed by atoms with E-state index in [1.165, 1.54) is 11.4 Å². The molecule has 0 atom stereocenters. The van der Waals surface area contributed by atoms with Gasteiger partial charge in [-0.2, -0.15) is 0 Å².